The Morgan fingerprint density at radius 3 is 2.43 bits per heavy atom. The SMILES string of the molecule is CCO[C@@H](O[C@@H]1[C@@H](C)C(=O)[C@@H](C)C(=O)O[C@H](CC)[C@@]2(C)OC(=O)N(CCCCn3cc(-c4cccc(N)c4)nn3)[C@@H]2[C@@H](C)NCC[C@@]1(C)OC)C(O)C(CC)N(C)C. The third-order valence-electron chi connectivity index (χ3n) is 12.2. The molecule has 16 heteroatoms. The first-order valence-corrected chi connectivity index (χ1v) is 20.9. The number of rotatable bonds is 16. The number of hydrogen-bond acceptors (Lipinski definition) is 14. The molecule has 4 N–H and O–H groups in total. The highest BCUT2D eigenvalue weighted by Crippen LogP contribution is 2.39. The average molecular weight is 816 g/mol. The molecule has 2 fully saturated rings. The lowest BCUT2D eigenvalue weighted by molar-refractivity contribution is -0.264. The third-order valence-corrected chi connectivity index (χ3v) is 12.2. The highest BCUT2D eigenvalue weighted by atomic mass is 16.7. The molecule has 0 spiro atoms. The van der Waals surface area contributed by atoms with Gasteiger partial charge in [-0.25, -0.2) is 4.79 Å². The minimum absolute atomic E-state index is 0.257. The summed E-state index contributed by atoms with van der Waals surface area (Å²) in [5.41, 5.74) is 5.89. The second-order valence-electron chi connectivity index (χ2n) is 16.5. The quantitative estimate of drug-likeness (QED) is 0.0715. The number of nitrogens with zero attached hydrogens (tertiary/aromatic N) is 5. The first-order chi connectivity index (χ1) is 27.5. The van der Waals surface area contributed by atoms with E-state index >= 15 is 0 Å². The maximum atomic E-state index is 14.3. The number of aliphatic hydroxyl groups excluding tert-OH is 1. The number of aryl methyl sites for hydroxylation is 1. The highest BCUT2D eigenvalue weighted by Gasteiger charge is 2.58. The van der Waals surface area contributed by atoms with E-state index in [0.717, 1.165) is 11.3 Å². The van der Waals surface area contributed by atoms with Crippen molar-refractivity contribution in [3.8, 4) is 11.3 Å². The van der Waals surface area contributed by atoms with E-state index in [1.54, 1.807) is 23.6 Å². The van der Waals surface area contributed by atoms with Crippen molar-refractivity contribution in [1.82, 2.24) is 30.1 Å². The fourth-order valence-corrected chi connectivity index (χ4v) is 8.72. The standard InChI is InChI=1S/C42H69N7O9/c1-12-32(47(9)10)35(51)39(55-14-3)57-37-26(4)34(50)27(5)38(52)56-33(13-2)42(8)36(28(6)44-21-20-41(37,7)54-11)49(40(53)58-42)23-16-15-22-48-25-31(45-46-48)29-18-17-19-30(43)24-29/h17-19,24-28,32-33,35-37,39,44,51H,12-16,20-23,43H2,1-11H3/t26-,27+,28+,32?,33+,35?,36+,37+,39-,41+,42+/m0/s1. The lowest BCUT2D eigenvalue weighted by Gasteiger charge is -2.44. The minimum Gasteiger partial charge on any atom is -0.458 e. The summed E-state index contributed by atoms with van der Waals surface area (Å²) in [6.07, 6.45) is 0.157. The molecule has 0 saturated carbocycles. The number of unbranched alkanes of at least 4 members (excludes halogenated alkanes) is 1. The molecule has 3 heterocycles. The maximum Gasteiger partial charge on any atom is 0.410 e. The average Bonchev–Trinajstić information content (AvgIpc) is 3.77. The smallest absolute Gasteiger partial charge is 0.410 e. The van der Waals surface area contributed by atoms with Gasteiger partial charge in [0.25, 0.3) is 0 Å². The maximum absolute atomic E-state index is 14.3. The first kappa shape index (κ1) is 47.0. The van der Waals surface area contributed by atoms with E-state index < -0.39 is 71.5 Å². The van der Waals surface area contributed by atoms with Crippen LogP contribution in [0.5, 0.6) is 0 Å². The molecule has 1 aromatic heterocycles. The summed E-state index contributed by atoms with van der Waals surface area (Å²) in [6.45, 7) is 16.2. The van der Waals surface area contributed by atoms with Gasteiger partial charge in [-0.3, -0.25) is 19.2 Å². The molecular weight excluding hydrogens is 747 g/mol. The third kappa shape index (κ3) is 10.5. The number of nitrogens with one attached hydrogen (secondary N) is 1. The number of cyclic esters (lactones) is 1. The van der Waals surface area contributed by atoms with Gasteiger partial charge in [0.1, 0.15) is 23.8 Å². The van der Waals surface area contributed by atoms with E-state index in [4.69, 9.17) is 29.4 Å². The van der Waals surface area contributed by atoms with E-state index in [9.17, 15) is 19.5 Å². The molecular formula is C42H69N7O9. The molecule has 16 nitrogen and oxygen atoms in total. The number of nitrogen functional groups attached to an aromatic ring is 1. The fraction of sp³-hybridized carbons (Fsp3) is 0.738. The summed E-state index contributed by atoms with van der Waals surface area (Å²) in [6, 6.07) is 6.32. The number of fused-ring (bicyclic) bond motifs is 1. The van der Waals surface area contributed by atoms with Crippen LogP contribution in [-0.4, -0.2) is 143 Å². The Balaban J connectivity index is 1.60. The topological polar surface area (TPSA) is 193 Å². The number of benzene rings is 1. The van der Waals surface area contributed by atoms with Crippen LogP contribution >= 0.6 is 0 Å². The number of likely N-dealkylation sites (N-methyl/N-ethyl adjacent to an activating group) is 1. The molecule has 58 heavy (non-hydrogen) atoms. The second-order valence-corrected chi connectivity index (χ2v) is 16.5. The number of ketones is 1. The van der Waals surface area contributed by atoms with Gasteiger partial charge in [-0.15, -0.1) is 5.10 Å². The molecule has 2 aliphatic rings. The zero-order chi connectivity index (χ0) is 42.9. The van der Waals surface area contributed by atoms with E-state index in [0.29, 0.717) is 57.4 Å². The number of Topliss-reactive ketones (excluding diaryl/α,β-unsaturated/α-hetero) is 1. The van der Waals surface area contributed by atoms with Crippen molar-refractivity contribution in [1.29, 1.82) is 0 Å². The number of aliphatic hydroxyl groups is 1. The number of aromatic nitrogens is 3. The number of carbonyl (C=O) groups excluding carboxylic acids is 3. The van der Waals surface area contributed by atoms with Crippen molar-refractivity contribution in [3.05, 3.63) is 30.5 Å². The van der Waals surface area contributed by atoms with Crippen LogP contribution in [0.1, 0.15) is 87.5 Å². The number of carbonyl (C=O) groups is 3. The van der Waals surface area contributed by atoms with E-state index in [1.807, 2.05) is 91.0 Å². The fourth-order valence-electron chi connectivity index (χ4n) is 8.72. The van der Waals surface area contributed by atoms with Gasteiger partial charge < -0.3 is 44.7 Å². The van der Waals surface area contributed by atoms with E-state index in [2.05, 4.69) is 15.6 Å². The Morgan fingerprint density at radius 1 is 1.10 bits per heavy atom. The zero-order valence-electron chi connectivity index (χ0n) is 36.5. The van der Waals surface area contributed by atoms with Crippen molar-refractivity contribution < 1.29 is 43.2 Å². The number of ether oxygens (including phenoxy) is 5. The van der Waals surface area contributed by atoms with Crippen molar-refractivity contribution in [3.63, 3.8) is 0 Å². The van der Waals surface area contributed by atoms with Crippen molar-refractivity contribution in [2.24, 2.45) is 11.8 Å². The van der Waals surface area contributed by atoms with Gasteiger partial charge in [0, 0.05) is 56.1 Å². The zero-order valence-corrected chi connectivity index (χ0v) is 36.5. The van der Waals surface area contributed by atoms with Gasteiger partial charge in [-0.1, -0.05) is 38.1 Å². The molecule has 2 saturated heterocycles. The molecule has 0 aliphatic carbocycles. The highest BCUT2D eigenvalue weighted by molar-refractivity contribution is 6.00. The van der Waals surface area contributed by atoms with Crippen LogP contribution < -0.4 is 11.1 Å². The number of amides is 1. The molecule has 1 amide bonds. The monoisotopic (exact) mass is 816 g/mol. The number of hydrogen-bond donors (Lipinski definition) is 3. The van der Waals surface area contributed by atoms with Crippen molar-refractivity contribution in [2.75, 3.05) is 46.6 Å². The Kier molecular flexibility index (Phi) is 16.6. The van der Waals surface area contributed by atoms with Crippen LogP contribution in [0.3, 0.4) is 0 Å². The van der Waals surface area contributed by atoms with Gasteiger partial charge in [-0.05, 0) is 99.5 Å². The minimum atomic E-state index is -1.23. The number of anilines is 1. The van der Waals surface area contributed by atoms with Crippen molar-refractivity contribution in [2.45, 2.75) is 148 Å². The van der Waals surface area contributed by atoms with Crippen LogP contribution in [0, 0.1) is 11.8 Å². The summed E-state index contributed by atoms with van der Waals surface area (Å²) in [5, 5.41) is 23.7. The van der Waals surface area contributed by atoms with Crippen LogP contribution in [-0.2, 0) is 39.8 Å². The summed E-state index contributed by atoms with van der Waals surface area (Å²) < 4.78 is 32.9. The molecule has 4 rings (SSSR count). The van der Waals surface area contributed by atoms with Gasteiger partial charge in [0.05, 0.1) is 23.9 Å². The van der Waals surface area contributed by atoms with E-state index in [-0.39, 0.29) is 18.7 Å². The van der Waals surface area contributed by atoms with Crippen LogP contribution in [0.2, 0.25) is 0 Å². The van der Waals surface area contributed by atoms with E-state index in [1.165, 1.54) is 6.92 Å². The van der Waals surface area contributed by atoms with Crippen LogP contribution in [0.4, 0.5) is 10.5 Å². The molecule has 0 radical (unpaired) electrons. The molecule has 2 aliphatic heterocycles. The predicted octanol–water partition coefficient (Wildman–Crippen LogP) is 4.29. The number of nitrogens with two attached hydrogens (primary N) is 1. The van der Waals surface area contributed by atoms with Gasteiger partial charge in [0.15, 0.2) is 17.7 Å². The predicted molar refractivity (Wildman–Crippen MR) is 220 cm³/mol. The molecule has 11 atom stereocenters. The summed E-state index contributed by atoms with van der Waals surface area (Å²) >= 11 is 0. The lowest BCUT2D eigenvalue weighted by atomic mass is 9.80. The van der Waals surface area contributed by atoms with Crippen LogP contribution in [0.25, 0.3) is 11.3 Å². The lowest BCUT2D eigenvalue weighted by Crippen LogP contribution is -2.61. The Hall–Kier alpha value is -3.67. The molecule has 326 valence electrons. The van der Waals surface area contributed by atoms with Crippen LogP contribution in [0.15, 0.2) is 30.5 Å². The Labute approximate surface area is 344 Å². The van der Waals surface area contributed by atoms with Gasteiger partial charge in [0.2, 0.25) is 0 Å². The Morgan fingerprint density at radius 2 is 1.81 bits per heavy atom. The number of methoxy groups -OCH3 is 1. The molecule has 1 aromatic carbocycles. The molecule has 2 aromatic rings. The first-order valence-electron chi connectivity index (χ1n) is 20.9. The Bertz CT molecular complexity index is 1660. The molecule has 0 bridgehead atoms. The summed E-state index contributed by atoms with van der Waals surface area (Å²) in [4.78, 5) is 45.6. The summed E-state index contributed by atoms with van der Waals surface area (Å²) in [5.74, 6) is -3.18. The second kappa shape index (κ2) is 20.5. The van der Waals surface area contributed by atoms with Gasteiger partial charge in [-0.2, -0.15) is 0 Å². The normalized spacial score (nSPS) is 30.4. The van der Waals surface area contributed by atoms with Crippen molar-refractivity contribution >= 4 is 23.5 Å². The van der Waals surface area contributed by atoms with Gasteiger partial charge >= 0.3 is 12.1 Å². The number of esters is 1. The molecule has 2 unspecified atom stereocenters. The summed E-state index contributed by atoms with van der Waals surface area (Å²) in [7, 11) is 5.32. The largest absolute Gasteiger partial charge is 0.458 e.